The van der Waals surface area contributed by atoms with E-state index in [1.807, 2.05) is 24.3 Å². The third kappa shape index (κ3) is 4.45. The lowest BCUT2D eigenvalue weighted by Gasteiger charge is -2.21. The topological polar surface area (TPSA) is 84.5 Å². The van der Waals surface area contributed by atoms with Crippen LogP contribution in [0.15, 0.2) is 24.3 Å². The summed E-state index contributed by atoms with van der Waals surface area (Å²) in [6.45, 7) is 1.29. The lowest BCUT2D eigenvalue weighted by atomic mass is 9.99. The van der Waals surface area contributed by atoms with Crippen LogP contribution >= 0.6 is 0 Å². The number of sulfone groups is 1. The van der Waals surface area contributed by atoms with Crippen molar-refractivity contribution in [1.29, 1.82) is 0 Å². The molecule has 0 radical (unpaired) electrons. The summed E-state index contributed by atoms with van der Waals surface area (Å²) in [5.74, 6) is 0.500. The van der Waals surface area contributed by atoms with Crippen molar-refractivity contribution in [2.24, 2.45) is 5.92 Å². The first-order chi connectivity index (χ1) is 11.0. The minimum Gasteiger partial charge on any atom is -0.381 e. The van der Waals surface area contributed by atoms with Crippen molar-refractivity contribution in [2.75, 3.05) is 35.4 Å². The first-order valence-electron chi connectivity index (χ1n) is 7.97. The molecule has 0 aromatic heterocycles. The normalized spacial score (nSPS) is 24.3. The molecule has 0 bridgehead atoms. The van der Waals surface area contributed by atoms with Crippen molar-refractivity contribution in [3.8, 4) is 0 Å². The van der Waals surface area contributed by atoms with E-state index in [4.69, 9.17) is 4.74 Å². The zero-order chi connectivity index (χ0) is 16.3. The van der Waals surface area contributed by atoms with Crippen molar-refractivity contribution in [3.63, 3.8) is 0 Å². The van der Waals surface area contributed by atoms with Crippen LogP contribution in [-0.2, 0) is 19.4 Å². The van der Waals surface area contributed by atoms with Gasteiger partial charge in [0.15, 0.2) is 9.84 Å². The van der Waals surface area contributed by atoms with Crippen molar-refractivity contribution >= 4 is 27.1 Å². The number of hydrogen-bond acceptors (Lipinski definition) is 5. The highest BCUT2D eigenvalue weighted by Crippen LogP contribution is 2.21. The summed E-state index contributed by atoms with van der Waals surface area (Å²) in [5.41, 5.74) is 1.63. The monoisotopic (exact) mass is 338 g/mol. The van der Waals surface area contributed by atoms with E-state index in [2.05, 4.69) is 10.6 Å². The fourth-order valence-electron chi connectivity index (χ4n) is 3.00. The molecule has 2 aliphatic rings. The minimum atomic E-state index is -2.88. The van der Waals surface area contributed by atoms with Gasteiger partial charge in [-0.2, -0.15) is 0 Å². The van der Waals surface area contributed by atoms with Crippen LogP contribution in [0.5, 0.6) is 0 Å². The van der Waals surface area contributed by atoms with Crippen molar-refractivity contribution in [3.05, 3.63) is 24.3 Å². The second-order valence-electron chi connectivity index (χ2n) is 6.20. The number of carbonyl (C=O) groups excluding carboxylic acids is 1. The molecule has 0 saturated carbocycles. The van der Waals surface area contributed by atoms with Gasteiger partial charge in [0.05, 0.1) is 11.5 Å². The van der Waals surface area contributed by atoms with Crippen LogP contribution in [0.2, 0.25) is 0 Å². The van der Waals surface area contributed by atoms with Crippen LogP contribution < -0.4 is 10.6 Å². The Hall–Kier alpha value is -1.60. The van der Waals surface area contributed by atoms with E-state index in [1.54, 1.807) is 0 Å². The van der Waals surface area contributed by atoms with Crippen molar-refractivity contribution < 1.29 is 17.9 Å². The maximum atomic E-state index is 12.2. The SMILES string of the molecule is O=C(Nc1ccc(NC2CCS(=O)(=O)C2)cc1)C1CCOCC1. The fourth-order valence-corrected chi connectivity index (χ4v) is 4.67. The maximum Gasteiger partial charge on any atom is 0.227 e. The lowest BCUT2D eigenvalue weighted by molar-refractivity contribution is -0.122. The van der Waals surface area contributed by atoms with Gasteiger partial charge in [-0.3, -0.25) is 4.79 Å². The molecule has 7 heteroatoms. The van der Waals surface area contributed by atoms with Gasteiger partial charge < -0.3 is 15.4 Å². The third-order valence-electron chi connectivity index (χ3n) is 4.35. The quantitative estimate of drug-likeness (QED) is 0.872. The molecule has 2 saturated heterocycles. The van der Waals surface area contributed by atoms with Gasteiger partial charge in [-0.15, -0.1) is 0 Å². The molecule has 1 atom stereocenters. The molecule has 6 nitrogen and oxygen atoms in total. The molecule has 2 aliphatic heterocycles. The van der Waals surface area contributed by atoms with Gasteiger partial charge in [0.1, 0.15) is 0 Å². The van der Waals surface area contributed by atoms with Crippen LogP contribution in [-0.4, -0.2) is 45.1 Å². The summed E-state index contributed by atoms with van der Waals surface area (Å²) in [4.78, 5) is 12.2. The molecule has 2 heterocycles. The zero-order valence-corrected chi connectivity index (χ0v) is 13.8. The van der Waals surface area contributed by atoms with E-state index >= 15 is 0 Å². The Morgan fingerprint density at radius 3 is 2.30 bits per heavy atom. The maximum absolute atomic E-state index is 12.2. The Labute approximate surface area is 136 Å². The van der Waals surface area contributed by atoms with Gasteiger partial charge in [0.2, 0.25) is 5.91 Å². The molecular formula is C16H22N2O4S. The number of amides is 1. The average molecular weight is 338 g/mol. The van der Waals surface area contributed by atoms with Gasteiger partial charge >= 0.3 is 0 Å². The molecule has 0 spiro atoms. The van der Waals surface area contributed by atoms with E-state index < -0.39 is 9.84 Å². The fraction of sp³-hybridized carbons (Fsp3) is 0.562. The summed E-state index contributed by atoms with van der Waals surface area (Å²) < 4.78 is 28.2. The average Bonchev–Trinajstić information content (AvgIpc) is 2.89. The molecule has 126 valence electrons. The number of hydrogen-bond donors (Lipinski definition) is 2. The summed E-state index contributed by atoms with van der Waals surface area (Å²) >= 11 is 0. The number of benzene rings is 1. The Morgan fingerprint density at radius 1 is 1.04 bits per heavy atom. The first kappa shape index (κ1) is 16.3. The molecule has 1 amide bonds. The zero-order valence-electron chi connectivity index (χ0n) is 13.0. The Balaban J connectivity index is 1.53. The molecule has 2 fully saturated rings. The summed E-state index contributed by atoms with van der Waals surface area (Å²) in [6, 6.07) is 7.38. The summed E-state index contributed by atoms with van der Waals surface area (Å²) in [5, 5.41) is 6.16. The first-order valence-corrected chi connectivity index (χ1v) is 9.80. The Kier molecular flexibility index (Phi) is 4.87. The summed E-state index contributed by atoms with van der Waals surface area (Å²) in [7, 11) is -2.88. The van der Waals surface area contributed by atoms with Crippen LogP contribution in [0.3, 0.4) is 0 Å². The molecule has 1 aromatic carbocycles. The predicted octanol–water partition coefficient (Wildman–Crippen LogP) is 1.65. The minimum absolute atomic E-state index is 0.0187. The van der Waals surface area contributed by atoms with E-state index in [-0.39, 0.29) is 29.4 Å². The second kappa shape index (κ2) is 6.88. The Bertz CT molecular complexity index is 651. The van der Waals surface area contributed by atoms with Gasteiger partial charge in [0, 0.05) is 36.5 Å². The molecule has 1 unspecified atom stereocenters. The van der Waals surface area contributed by atoms with Crippen molar-refractivity contribution in [1.82, 2.24) is 0 Å². The number of ether oxygens (including phenoxy) is 1. The highest BCUT2D eigenvalue weighted by molar-refractivity contribution is 7.91. The van der Waals surface area contributed by atoms with Gasteiger partial charge in [-0.25, -0.2) is 8.42 Å². The molecule has 23 heavy (non-hydrogen) atoms. The lowest BCUT2D eigenvalue weighted by Crippen LogP contribution is -2.28. The standard InChI is InChI=1S/C16H22N2O4S/c19-16(12-5-8-22-9-6-12)18-14-3-1-13(2-4-14)17-15-7-10-23(20,21)11-15/h1-4,12,15,17H,5-11H2,(H,18,19). The molecule has 1 aromatic rings. The number of nitrogens with one attached hydrogen (secondary N) is 2. The third-order valence-corrected chi connectivity index (χ3v) is 6.12. The number of carbonyl (C=O) groups is 1. The van der Waals surface area contributed by atoms with Crippen LogP contribution in [0, 0.1) is 5.92 Å². The second-order valence-corrected chi connectivity index (χ2v) is 8.43. The van der Waals surface area contributed by atoms with Gasteiger partial charge in [0.25, 0.3) is 0 Å². The van der Waals surface area contributed by atoms with E-state index in [0.29, 0.717) is 19.6 Å². The predicted molar refractivity (Wildman–Crippen MR) is 89.3 cm³/mol. The smallest absolute Gasteiger partial charge is 0.227 e. The largest absolute Gasteiger partial charge is 0.381 e. The van der Waals surface area contributed by atoms with E-state index in [9.17, 15) is 13.2 Å². The van der Waals surface area contributed by atoms with Crippen LogP contribution in [0.1, 0.15) is 19.3 Å². The van der Waals surface area contributed by atoms with Crippen molar-refractivity contribution in [2.45, 2.75) is 25.3 Å². The highest BCUT2D eigenvalue weighted by atomic mass is 32.2. The Morgan fingerprint density at radius 2 is 1.70 bits per heavy atom. The molecule has 2 N–H and O–H groups in total. The van der Waals surface area contributed by atoms with Gasteiger partial charge in [-0.1, -0.05) is 0 Å². The van der Waals surface area contributed by atoms with E-state index in [1.165, 1.54) is 0 Å². The van der Waals surface area contributed by atoms with Crippen LogP contribution in [0.4, 0.5) is 11.4 Å². The number of rotatable bonds is 4. The molecule has 3 rings (SSSR count). The van der Waals surface area contributed by atoms with Gasteiger partial charge in [-0.05, 0) is 43.5 Å². The van der Waals surface area contributed by atoms with Crippen LogP contribution in [0.25, 0.3) is 0 Å². The number of anilines is 2. The van der Waals surface area contributed by atoms with E-state index in [0.717, 1.165) is 24.2 Å². The molecule has 0 aliphatic carbocycles. The summed E-state index contributed by atoms with van der Waals surface area (Å²) in [6.07, 6.45) is 2.17. The molecular weight excluding hydrogens is 316 g/mol. The highest BCUT2D eigenvalue weighted by Gasteiger charge is 2.27.